The normalized spacial score (nSPS) is 11.8. The van der Waals surface area contributed by atoms with Gasteiger partial charge >= 0.3 is 11.2 Å². The second-order valence-electron chi connectivity index (χ2n) is 7.79. The molecule has 0 aliphatic heterocycles. The van der Waals surface area contributed by atoms with Crippen molar-refractivity contribution < 1.29 is 23.9 Å². The van der Waals surface area contributed by atoms with Crippen molar-refractivity contribution in [1.82, 2.24) is 19.5 Å². The number of anilines is 1. The number of carboxylic acid groups (broad SMARTS) is 1. The molecule has 0 saturated carbocycles. The molecule has 2 N–H and O–H groups in total. The average molecular weight is 544 g/mol. The predicted octanol–water partition coefficient (Wildman–Crippen LogP) is 3.59. The van der Waals surface area contributed by atoms with Crippen molar-refractivity contribution in [2.45, 2.75) is 18.1 Å². The van der Waals surface area contributed by atoms with E-state index in [1.54, 1.807) is 30.3 Å². The van der Waals surface area contributed by atoms with Gasteiger partial charge in [-0.1, -0.05) is 17.7 Å². The maximum atomic E-state index is 13.8. The lowest BCUT2D eigenvalue weighted by Crippen LogP contribution is -2.25. The summed E-state index contributed by atoms with van der Waals surface area (Å²) in [5, 5.41) is 12.0. The first-order valence-electron chi connectivity index (χ1n) is 10.8. The number of pyridine rings is 2. The quantitative estimate of drug-likeness (QED) is 0.251. The van der Waals surface area contributed by atoms with E-state index in [4.69, 9.17) is 26.2 Å². The van der Waals surface area contributed by atoms with Crippen molar-refractivity contribution in [1.29, 1.82) is 0 Å². The SMILES string of the molecule is COc1cc(OC)c(Cl)c(-c2cc3cnc([S+](C)[O-])nc3n(CCc3cccc(NC(=O)O)n3)c2=O)c1. The molecule has 0 bridgehead atoms. The molecule has 3 heterocycles. The number of amides is 1. The van der Waals surface area contributed by atoms with Crippen molar-refractivity contribution in [2.24, 2.45) is 0 Å². The summed E-state index contributed by atoms with van der Waals surface area (Å²) in [5.74, 6) is 0.946. The van der Waals surface area contributed by atoms with Crippen LogP contribution in [0.1, 0.15) is 5.69 Å². The number of nitrogens with one attached hydrogen (secondary N) is 1. The summed E-state index contributed by atoms with van der Waals surface area (Å²) in [4.78, 5) is 37.6. The van der Waals surface area contributed by atoms with Crippen LogP contribution in [0.2, 0.25) is 5.02 Å². The number of rotatable bonds is 8. The van der Waals surface area contributed by atoms with Crippen LogP contribution in [0.15, 0.2) is 52.5 Å². The molecule has 3 aromatic heterocycles. The number of aromatic nitrogens is 4. The van der Waals surface area contributed by atoms with Gasteiger partial charge in [0, 0.05) is 58.6 Å². The fourth-order valence-electron chi connectivity index (χ4n) is 3.74. The third kappa shape index (κ3) is 5.61. The minimum Gasteiger partial charge on any atom is -0.609 e. The minimum absolute atomic E-state index is 0.0836. The smallest absolute Gasteiger partial charge is 0.410 e. The molecule has 37 heavy (non-hydrogen) atoms. The monoisotopic (exact) mass is 543 g/mol. The molecular formula is C24H22ClN5O6S. The van der Waals surface area contributed by atoms with E-state index in [1.807, 2.05) is 0 Å². The molecule has 0 aliphatic rings. The second kappa shape index (κ2) is 11.0. The Kier molecular flexibility index (Phi) is 7.81. The van der Waals surface area contributed by atoms with E-state index in [0.717, 1.165) is 0 Å². The van der Waals surface area contributed by atoms with Crippen LogP contribution in [0.3, 0.4) is 0 Å². The maximum Gasteiger partial charge on any atom is 0.410 e. The van der Waals surface area contributed by atoms with Crippen LogP contribution >= 0.6 is 11.6 Å². The van der Waals surface area contributed by atoms with Gasteiger partial charge in [0.25, 0.3) is 5.56 Å². The standard InChI is InChI=1S/C24H22ClN5O6S/c1-35-15-10-16(20(25)18(11-15)36-2)17-9-13-12-26-23(37(3)34)29-21(13)30(22(17)31)8-7-14-5-4-6-19(27-14)28-24(32)33/h4-6,9-12H,7-8H2,1-3H3,(H,27,28)(H,32,33). The summed E-state index contributed by atoms with van der Waals surface area (Å²) < 4.78 is 24.2. The Morgan fingerprint density at radius 3 is 2.65 bits per heavy atom. The van der Waals surface area contributed by atoms with Crippen LogP contribution in [-0.4, -0.2) is 55.7 Å². The number of carbonyl (C=O) groups is 1. The van der Waals surface area contributed by atoms with Gasteiger partial charge in [-0.25, -0.2) is 9.78 Å². The molecule has 1 amide bonds. The summed E-state index contributed by atoms with van der Waals surface area (Å²) in [6.07, 6.45) is 1.99. The molecule has 0 fully saturated rings. The Hall–Kier alpha value is -3.87. The van der Waals surface area contributed by atoms with Gasteiger partial charge < -0.3 is 19.1 Å². The average Bonchev–Trinajstić information content (AvgIpc) is 2.87. The molecular weight excluding hydrogens is 522 g/mol. The van der Waals surface area contributed by atoms with E-state index in [-0.39, 0.29) is 34.5 Å². The Morgan fingerprint density at radius 2 is 1.97 bits per heavy atom. The zero-order chi connectivity index (χ0) is 26.7. The highest BCUT2D eigenvalue weighted by molar-refractivity contribution is 7.90. The van der Waals surface area contributed by atoms with Gasteiger partial charge in [-0.05, 0) is 24.3 Å². The lowest BCUT2D eigenvalue weighted by Gasteiger charge is -2.15. The Morgan fingerprint density at radius 1 is 1.19 bits per heavy atom. The number of ether oxygens (including phenoxy) is 2. The van der Waals surface area contributed by atoms with Crippen molar-refractivity contribution >= 4 is 45.7 Å². The predicted molar refractivity (Wildman–Crippen MR) is 139 cm³/mol. The first-order valence-corrected chi connectivity index (χ1v) is 12.8. The summed E-state index contributed by atoms with van der Waals surface area (Å²) >= 11 is 5.11. The lowest BCUT2D eigenvalue weighted by atomic mass is 10.0. The summed E-state index contributed by atoms with van der Waals surface area (Å²) in [6, 6.07) is 9.77. The van der Waals surface area contributed by atoms with E-state index in [1.165, 1.54) is 37.3 Å². The first-order chi connectivity index (χ1) is 17.7. The van der Waals surface area contributed by atoms with E-state index in [9.17, 15) is 14.1 Å². The van der Waals surface area contributed by atoms with Crippen molar-refractivity contribution in [3.8, 4) is 22.6 Å². The van der Waals surface area contributed by atoms with Gasteiger partial charge in [-0.3, -0.25) is 14.7 Å². The number of halogens is 1. The second-order valence-corrected chi connectivity index (χ2v) is 9.44. The van der Waals surface area contributed by atoms with Crippen LogP contribution in [0.4, 0.5) is 10.6 Å². The fraction of sp³-hybridized carbons (Fsp3) is 0.208. The number of nitrogens with zero attached hydrogens (tertiary/aromatic N) is 4. The molecule has 1 aromatic carbocycles. The van der Waals surface area contributed by atoms with E-state index < -0.39 is 22.8 Å². The summed E-state index contributed by atoms with van der Waals surface area (Å²) in [6.45, 7) is 0.137. The van der Waals surface area contributed by atoms with E-state index >= 15 is 0 Å². The molecule has 0 radical (unpaired) electrons. The molecule has 0 spiro atoms. The molecule has 1 unspecified atom stereocenters. The Balaban J connectivity index is 1.87. The van der Waals surface area contributed by atoms with Crippen molar-refractivity contribution in [2.75, 3.05) is 25.8 Å². The first kappa shape index (κ1) is 26.2. The number of hydrogen-bond acceptors (Lipinski definition) is 8. The number of fused-ring (bicyclic) bond motifs is 1. The van der Waals surface area contributed by atoms with E-state index in [2.05, 4.69) is 20.3 Å². The molecule has 0 aliphatic carbocycles. The molecule has 192 valence electrons. The molecule has 0 saturated heterocycles. The molecule has 4 rings (SSSR count). The Bertz CT molecular complexity index is 1540. The van der Waals surface area contributed by atoms with Gasteiger partial charge in [0.2, 0.25) is 0 Å². The third-order valence-electron chi connectivity index (χ3n) is 5.45. The number of methoxy groups -OCH3 is 2. The molecule has 4 aromatic rings. The Labute approximate surface area is 219 Å². The van der Waals surface area contributed by atoms with Gasteiger partial charge in [0.15, 0.2) is 5.65 Å². The highest BCUT2D eigenvalue weighted by Crippen LogP contribution is 2.38. The van der Waals surface area contributed by atoms with Gasteiger partial charge in [0.05, 0.1) is 19.2 Å². The zero-order valence-electron chi connectivity index (χ0n) is 20.0. The van der Waals surface area contributed by atoms with Gasteiger partial charge in [0.1, 0.15) is 23.6 Å². The number of aryl methyl sites for hydroxylation is 2. The third-order valence-corrected chi connectivity index (χ3v) is 6.55. The van der Waals surface area contributed by atoms with Crippen LogP contribution in [0, 0.1) is 0 Å². The van der Waals surface area contributed by atoms with Crippen molar-refractivity contribution in [3.63, 3.8) is 0 Å². The zero-order valence-corrected chi connectivity index (χ0v) is 21.6. The van der Waals surface area contributed by atoms with Crippen LogP contribution in [0.25, 0.3) is 22.2 Å². The highest BCUT2D eigenvalue weighted by Gasteiger charge is 2.20. The summed E-state index contributed by atoms with van der Waals surface area (Å²) in [5.41, 5.74) is 1.09. The minimum atomic E-state index is -1.47. The maximum absolute atomic E-state index is 13.8. The van der Waals surface area contributed by atoms with Crippen molar-refractivity contribution in [3.05, 3.63) is 63.7 Å². The van der Waals surface area contributed by atoms with Crippen LogP contribution in [-0.2, 0) is 24.1 Å². The molecule has 1 atom stereocenters. The van der Waals surface area contributed by atoms with Gasteiger partial charge in [-0.15, -0.1) is 0 Å². The number of benzene rings is 1. The van der Waals surface area contributed by atoms with E-state index in [0.29, 0.717) is 33.8 Å². The molecule has 11 nitrogen and oxygen atoms in total. The largest absolute Gasteiger partial charge is 0.609 e. The van der Waals surface area contributed by atoms with Crippen LogP contribution < -0.4 is 20.3 Å². The summed E-state index contributed by atoms with van der Waals surface area (Å²) in [7, 11) is 2.95. The fourth-order valence-corrected chi connectivity index (χ4v) is 4.45. The van der Waals surface area contributed by atoms with Gasteiger partial charge in [-0.2, -0.15) is 9.97 Å². The highest BCUT2D eigenvalue weighted by atomic mass is 35.5. The number of hydrogen-bond donors (Lipinski definition) is 2. The molecule has 13 heteroatoms. The topological polar surface area (TPSA) is 152 Å². The van der Waals surface area contributed by atoms with Crippen LogP contribution in [0.5, 0.6) is 11.5 Å². The lowest BCUT2D eigenvalue weighted by molar-refractivity contribution is 0.209.